The smallest absolute Gasteiger partial charge is 0.325 e. The Kier molecular flexibility index (Phi) is 7.19. The van der Waals surface area contributed by atoms with Crippen LogP contribution in [0.1, 0.15) is 46.0 Å². The number of ether oxygens (including phenoxy) is 1. The first kappa shape index (κ1) is 17.5. The summed E-state index contributed by atoms with van der Waals surface area (Å²) < 4.78 is 4.88. The van der Waals surface area contributed by atoms with Crippen molar-refractivity contribution >= 4 is 17.8 Å². The summed E-state index contributed by atoms with van der Waals surface area (Å²) in [6, 6.07) is 0. The Labute approximate surface area is 125 Å². The second-order valence-electron chi connectivity index (χ2n) is 5.40. The van der Waals surface area contributed by atoms with Crippen LogP contribution in [0.4, 0.5) is 0 Å². The second kappa shape index (κ2) is 8.64. The van der Waals surface area contributed by atoms with Gasteiger partial charge in [-0.1, -0.05) is 19.8 Å². The van der Waals surface area contributed by atoms with Gasteiger partial charge in [0.15, 0.2) is 0 Å². The number of carboxylic acid groups (broad SMARTS) is 1. The van der Waals surface area contributed by atoms with Gasteiger partial charge >= 0.3 is 11.9 Å². The van der Waals surface area contributed by atoms with Crippen molar-refractivity contribution in [1.82, 2.24) is 4.90 Å². The summed E-state index contributed by atoms with van der Waals surface area (Å²) in [6.45, 7) is 4.25. The summed E-state index contributed by atoms with van der Waals surface area (Å²) in [7, 11) is 0. The summed E-state index contributed by atoms with van der Waals surface area (Å²) in [6.07, 6.45) is 3.53. The van der Waals surface area contributed by atoms with Gasteiger partial charge in [0.25, 0.3) is 0 Å². The van der Waals surface area contributed by atoms with E-state index in [9.17, 15) is 19.5 Å². The summed E-state index contributed by atoms with van der Waals surface area (Å²) in [5.74, 6) is -2.73. The summed E-state index contributed by atoms with van der Waals surface area (Å²) in [5.41, 5.74) is 0. The van der Waals surface area contributed by atoms with Crippen molar-refractivity contribution in [3.05, 3.63) is 0 Å². The van der Waals surface area contributed by atoms with Crippen molar-refractivity contribution in [3.8, 4) is 0 Å². The molecular formula is C15H25NO5. The molecule has 6 heteroatoms. The van der Waals surface area contributed by atoms with Crippen LogP contribution < -0.4 is 0 Å². The van der Waals surface area contributed by atoms with E-state index < -0.39 is 23.8 Å². The first-order valence-corrected chi connectivity index (χ1v) is 7.68. The molecule has 0 radical (unpaired) electrons. The van der Waals surface area contributed by atoms with E-state index in [-0.39, 0.29) is 19.1 Å². The number of rotatable bonds is 7. The quantitative estimate of drug-likeness (QED) is 0.723. The van der Waals surface area contributed by atoms with Gasteiger partial charge in [0.05, 0.1) is 18.4 Å². The zero-order valence-electron chi connectivity index (χ0n) is 12.8. The molecule has 2 atom stereocenters. The molecule has 0 aromatic rings. The largest absolute Gasteiger partial charge is 0.481 e. The molecule has 0 aromatic carbocycles. The van der Waals surface area contributed by atoms with Crippen molar-refractivity contribution in [2.75, 3.05) is 19.7 Å². The van der Waals surface area contributed by atoms with Crippen LogP contribution in [-0.2, 0) is 19.1 Å². The molecule has 1 fully saturated rings. The number of esters is 1. The molecule has 21 heavy (non-hydrogen) atoms. The number of aliphatic carboxylic acids is 1. The number of carboxylic acids is 1. The SMILES string of the molecule is CCCN(CC(=O)OCC)C(=O)[C@@H]1CCCC[C@H]1C(=O)O. The normalized spacial score (nSPS) is 21.6. The molecule has 0 bridgehead atoms. The van der Waals surface area contributed by atoms with Crippen molar-refractivity contribution in [2.24, 2.45) is 11.8 Å². The van der Waals surface area contributed by atoms with Crippen LogP contribution in [0.25, 0.3) is 0 Å². The van der Waals surface area contributed by atoms with Crippen LogP contribution in [0.3, 0.4) is 0 Å². The number of nitrogens with zero attached hydrogens (tertiary/aromatic N) is 1. The highest BCUT2D eigenvalue weighted by atomic mass is 16.5. The minimum absolute atomic E-state index is 0.0939. The standard InChI is InChI=1S/C15H25NO5/c1-3-9-16(10-13(17)21-4-2)14(18)11-7-5-6-8-12(11)15(19)20/h11-12H,3-10H2,1-2H3,(H,19,20)/t11-,12-/m1/s1. The Morgan fingerprint density at radius 1 is 1.14 bits per heavy atom. The third-order valence-electron chi connectivity index (χ3n) is 3.83. The van der Waals surface area contributed by atoms with Gasteiger partial charge < -0.3 is 14.7 Å². The lowest BCUT2D eigenvalue weighted by Crippen LogP contribution is -2.45. The molecule has 1 aliphatic carbocycles. The van der Waals surface area contributed by atoms with Crippen molar-refractivity contribution in [1.29, 1.82) is 0 Å². The highest BCUT2D eigenvalue weighted by Crippen LogP contribution is 2.31. The van der Waals surface area contributed by atoms with Crippen LogP contribution >= 0.6 is 0 Å². The first-order valence-electron chi connectivity index (χ1n) is 7.68. The fourth-order valence-corrected chi connectivity index (χ4v) is 2.86. The summed E-state index contributed by atoms with van der Waals surface area (Å²) in [4.78, 5) is 37.0. The minimum Gasteiger partial charge on any atom is -0.481 e. The molecule has 6 nitrogen and oxygen atoms in total. The number of hydrogen-bond acceptors (Lipinski definition) is 4. The van der Waals surface area contributed by atoms with Gasteiger partial charge in [0.1, 0.15) is 6.54 Å². The number of hydrogen-bond donors (Lipinski definition) is 1. The first-order chi connectivity index (χ1) is 10.0. The third kappa shape index (κ3) is 5.02. The fraction of sp³-hybridized carbons (Fsp3) is 0.800. The summed E-state index contributed by atoms with van der Waals surface area (Å²) in [5, 5.41) is 9.27. The molecule has 1 saturated carbocycles. The Hall–Kier alpha value is -1.59. The zero-order valence-corrected chi connectivity index (χ0v) is 12.8. The molecule has 1 aliphatic rings. The highest BCUT2D eigenvalue weighted by Gasteiger charge is 2.38. The minimum atomic E-state index is -0.916. The van der Waals surface area contributed by atoms with E-state index in [1.807, 2.05) is 6.92 Å². The lowest BCUT2D eigenvalue weighted by atomic mass is 9.78. The van der Waals surface area contributed by atoms with Crippen molar-refractivity contribution in [3.63, 3.8) is 0 Å². The van der Waals surface area contributed by atoms with Gasteiger partial charge in [0, 0.05) is 6.54 Å². The molecule has 0 aromatic heterocycles. The van der Waals surface area contributed by atoms with Crippen LogP contribution in [0.5, 0.6) is 0 Å². The predicted octanol–water partition coefficient (Wildman–Crippen LogP) is 1.68. The molecular weight excluding hydrogens is 274 g/mol. The molecule has 0 unspecified atom stereocenters. The monoisotopic (exact) mass is 299 g/mol. The molecule has 0 aliphatic heterocycles. The van der Waals surface area contributed by atoms with Gasteiger partial charge in [-0.15, -0.1) is 0 Å². The van der Waals surface area contributed by atoms with Crippen LogP contribution in [-0.4, -0.2) is 47.5 Å². The van der Waals surface area contributed by atoms with E-state index in [0.717, 1.165) is 19.3 Å². The molecule has 1 N–H and O–H groups in total. The van der Waals surface area contributed by atoms with E-state index in [2.05, 4.69) is 0 Å². The highest BCUT2D eigenvalue weighted by molar-refractivity contribution is 5.87. The Morgan fingerprint density at radius 3 is 2.29 bits per heavy atom. The second-order valence-corrected chi connectivity index (χ2v) is 5.40. The third-order valence-corrected chi connectivity index (χ3v) is 3.83. The Bertz CT molecular complexity index is 382. The maximum atomic E-state index is 12.6. The van der Waals surface area contributed by atoms with Crippen molar-refractivity contribution in [2.45, 2.75) is 46.0 Å². The topological polar surface area (TPSA) is 83.9 Å². The lowest BCUT2D eigenvalue weighted by Gasteiger charge is -2.32. The lowest BCUT2D eigenvalue weighted by molar-refractivity contribution is -0.155. The molecule has 1 amide bonds. The molecule has 0 saturated heterocycles. The van der Waals surface area contributed by atoms with Gasteiger partial charge in [-0.25, -0.2) is 0 Å². The van der Waals surface area contributed by atoms with Gasteiger partial charge in [-0.2, -0.15) is 0 Å². The van der Waals surface area contributed by atoms with Crippen LogP contribution in [0.15, 0.2) is 0 Å². The van der Waals surface area contributed by atoms with E-state index in [1.54, 1.807) is 6.92 Å². The van der Waals surface area contributed by atoms with Gasteiger partial charge in [0.2, 0.25) is 5.91 Å². The molecule has 120 valence electrons. The maximum absolute atomic E-state index is 12.6. The van der Waals surface area contributed by atoms with E-state index in [1.165, 1.54) is 4.90 Å². The Morgan fingerprint density at radius 2 is 1.76 bits per heavy atom. The molecule has 0 spiro atoms. The molecule has 1 rings (SSSR count). The van der Waals surface area contributed by atoms with E-state index in [4.69, 9.17) is 4.74 Å². The van der Waals surface area contributed by atoms with Crippen molar-refractivity contribution < 1.29 is 24.2 Å². The predicted molar refractivity (Wildman–Crippen MR) is 76.6 cm³/mol. The number of carbonyl (C=O) groups excluding carboxylic acids is 2. The zero-order chi connectivity index (χ0) is 15.8. The molecule has 0 heterocycles. The van der Waals surface area contributed by atoms with Crippen LogP contribution in [0.2, 0.25) is 0 Å². The summed E-state index contributed by atoms with van der Waals surface area (Å²) >= 11 is 0. The maximum Gasteiger partial charge on any atom is 0.325 e. The average molecular weight is 299 g/mol. The van der Waals surface area contributed by atoms with E-state index in [0.29, 0.717) is 19.4 Å². The van der Waals surface area contributed by atoms with Crippen LogP contribution in [0, 0.1) is 11.8 Å². The Balaban J connectivity index is 2.77. The number of amides is 1. The average Bonchev–Trinajstić information content (AvgIpc) is 2.46. The van der Waals surface area contributed by atoms with Gasteiger partial charge in [-0.05, 0) is 26.2 Å². The number of carbonyl (C=O) groups is 3. The van der Waals surface area contributed by atoms with Gasteiger partial charge in [-0.3, -0.25) is 14.4 Å². The fourth-order valence-electron chi connectivity index (χ4n) is 2.86. The van der Waals surface area contributed by atoms with E-state index >= 15 is 0 Å².